The minimum absolute atomic E-state index is 0. The van der Waals surface area contributed by atoms with Crippen molar-refractivity contribution in [2.24, 2.45) is 5.92 Å². The van der Waals surface area contributed by atoms with Crippen molar-refractivity contribution in [1.29, 1.82) is 5.26 Å². The number of likely N-dealkylation sites (tertiary alicyclic amines) is 1. The number of aromatic nitrogens is 1. The molecule has 3 heteroatoms. The fourth-order valence-electron chi connectivity index (χ4n) is 4.67. The van der Waals surface area contributed by atoms with Gasteiger partial charge in [0.25, 0.3) is 0 Å². The zero-order valence-corrected chi connectivity index (χ0v) is 16.2. The normalized spacial score (nSPS) is 20.6. The van der Waals surface area contributed by atoms with Gasteiger partial charge in [-0.3, -0.25) is 4.90 Å². The van der Waals surface area contributed by atoms with Gasteiger partial charge in [-0.25, -0.2) is 0 Å². The first kappa shape index (κ1) is 17.8. The minimum Gasteiger partial charge on any atom is -0.361 e. The smallest absolute Gasteiger partial charge is 0.0624 e. The molecule has 2 unspecified atom stereocenters. The molecule has 0 bridgehead atoms. The number of H-pyrrole nitrogens is 1. The number of hydrogen-bond acceptors (Lipinski definition) is 2. The quantitative estimate of drug-likeness (QED) is 0.630. The summed E-state index contributed by atoms with van der Waals surface area (Å²) in [5, 5.41) is 10.5. The highest BCUT2D eigenvalue weighted by molar-refractivity contribution is 5.86. The van der Waals surface area contributed by atoms with E-state index in [2.05, 4.69) is 78.5 Å². The lowest BCUT2D eigenvalue weighted by molar-refractivity contribution is 0.106. The Morgan fingerprint density at radius 1 is 1.19 bits per heavy atom. The van der Waals surface area contributed by atoms with E-state index in [0.29, 0.717) is 18.4 Å². The number of nitrogens with zero attached hydrogens (tertiary/aromatic N) is 2. The van der Waals surface area contributed by atoms with Crippen molar-refractivity contribution in [3.05, 3.63) is 70.9 Å². The third kappa shape index (κ3) is 3.50. The molecule has 2 atom stereocenters. The van der Waals surface area contributed by atoms with Crippen molar-refractivity contribution in [3.63, 3.8) is 0 Å². The van der Waals surface area contributed by atoms with Crippen LogP contribution in [-0.2, 0) is 6.54 Å². The van der Waals surface area contributed by atoms with E-state index in [4.69, 9.17) is 5.26 Å². The lowest BCUT2D eigenvalue weighted by atomic mass is 9.85. The highest BCUT2D eigenvalue weighted by Crippen LogP contribution is 2.38. The molecule has 1 aromatic heterocycles. The first-order valence-corrected chi connectivity index (χ1v) is 9.89. The molecule has 3 nitrogen and oxygen atoms in total. The Hall–Kier alpha value is -2.57. The molecular weight excluding hydrogens is 330 g/mol. The molecule has 1 fully saturated rings. The summed E-state index contributed by atoms with van der Waals surface area (Å²) < 4.78 is 0. The van der Waals surface area contributed by atoms with Crippen LogP contribution in [0.15, 0.2) is 48.7 Å². The summed E-state index contributed by atoms with van der Waals surface area (Å²) in [7, 11) is 0. The van der Waals surface area contributed by atoms with Crippen molar-refractivity contribution in [3.8, 4) is 6.07 Å². The van der Waals surface area contributed by atoms with Crippen LogP contribution in [0.1, 0.15) is 49.0 Å². The molecule has 1 N–H and O–H groups in total. The fraction of sp³-hybridized carbons (Fsp3) is 0.375. The number of fused-ring (bicyclic) bond motifs is 1. The minimum atomic E-state index is 0. The fourth-order valence-corrected chi connectivity index (χ4v) is 4.67. The second-order valence-corrected chi connectivity index (χ2v) is 7.90. The molecular formula is C24H29N3. The Morgan fingerprint density at radius 3 is 2.78 bits per heavy atom. The van der Waals surface area contributed by atoms with Gasteiger partial charge in [0.1, 0.15) is 0 Å². The van der Waals surface area contributed by atoms with E-state index in [9.17, 15) is 0 Å². The monoisotopic (exact) mass is 359 g/mol. The summed E-state index contributed by atoms with van der Waals surface area (Å²) in [6.45, 7) is 6.41. The Bertz CT molecular complexity index is 971. The van der Waals surface area contributed by atoms with Crippen LogP contribution in [0, 0.1) is 31.1 Å². The van der Waals surface area contributed by atoms with E-state index in [0.717, 1.165) is 25.9 Å². The molecule has 1 aliphatic rings. The summed E-state index contributed by atoms with van der Waals surface area (Å²) in [6, 6.07) is 18.1. The number of benzene rings is 2. The van der Waals surface area contributed by atoms with Gasteiger partial charge in [-0.15, -0.1) is 0 Å². The van der Waals surface area contributed by atoms with Crippen molar-refractivity contribution >= 4 is 10.9 Å². The van der Waals surface area contributed by atoms with Gasteiger partial charge in [-0.2, -0.15) is 5.26 Å². The van der Waals surface area contributed by atoms with Gasteiger partial charge in [-0.1, -0.05) is 36.4 Å². The number of piperidine rings is 1. The molecule has 4 rings (SSSR count). The number of aromatic amines is 1. The van der Waals surface area contributed by atoms with Crippen molar-refractivity contribution in [2.45, 2.75) is 45.7 Å². The van der Waals surface area contributed by atoms with Gasteiger partial charge in [0.05, 0.1) is 6.07 Å². The molecule has 0 aliphatic carbocycles. The second kappa shape index (κ2) is 7.58. The third-order valence-electron chi connectivity index (χ3n) is 6.12. The predicted molar refractivity (Wildman–Crippen MR) is 112 cm³/mol. The van der Waals surface area contributed by atoms with Crippen LogP contribution in [-0.4, -0.2) is 16.4 Å². The molecule has 2 heterocycles. The van der Waals surface area contributed by atoms with Crippen LogP contribution in [0.4, 0.5) is 0 Å². The Balaban J connectivity index is 0.00000225. The Morgan fingerprint density at radius 2 is 2.00 bits per heavy atom. The molecule has 3 aromatic rings. The van der Waals surface area contributed by atoms with Crippen LogP contribution in [0.2, 0.25) is 0 Å². The van der Waals surface area contributed by atoms with Crippen molar-refractivity contribution < 1.29 is 1.43 Å². The van der Waals surface area contributed by atoms with E-state index in [-0.39, 0.29) is 1.43 Å². The van der Waals surface area contributed by atoms with Crippen LogP contribution in [0.5, 0.6) is 0 Å². The van der Waals surface area contributed by atoms with E-state index in [1.165, 1.54) is 33.2 Å². The van der Waals surface area contributed by atoms with Crippen molar-refractivity contribution in [1.82, 2.24) is 9.88 Å². The molecule has 0 radical (unpaired) electrons. The van der Waals surface area contributed by atoms with Crippen LogP contribution < -0.4 is 0 Å². The van der Waals surface area contributed by atoms with Gasteiger partial charge in [-0.05, 0) is 67.5 Å². The topological polar surface area (TPSA) is 42.8 Å². The van der Waals surface area contributed by atoms with E-state index >= 15 is 0 Å². The zero-order valence-electron chi connectivity index (χ0n) is 16.2. The summed E-state index contributed by atoms with van der Waals surface area (Å²) >= 11 is 0. The highest BCUT2D eigenvalue weighted by Gasteiger charge is 2.30. The standard InChI is InChI=1S/C24H27N3.H2/c1-17-14-18(2)24-21(9-12-26-24)22(17)16-27-13-10-19(8-11-25)15-23(27)20-6-4-3-5-7-20;/h3-7,9,12,14,19,23,26H,8,10,13,15-16H2,1-2H3;1H. The van der Waals surface area contributed by atoms with Gasteiger partial charge >= 0.3 is 0 Å². The largest absolute Gasteiger partial charge is 0.361 e. The summed E-state index contributed by atoms with van der Waals surface area (Å²) in [4.78, 5) is 6.02. The predicted octanol–water partition coefficient (Wildman–Crippen LogP) is 5.90. The average molecular weight is 360 g/mol. The van der Waals surface area contributed by atoms with Gasteiger partial charge in [0, 0.05) is 37.5 Å². The second-order valence-electron chi connectivity index (χ2n) is 7.90. The van der Waals surface area contributed by atoms with Gasteiger partial charge < -0.3 is 4.98 Å². The van der Waals surface area contributed by atoms with Gasteiger partial charge in [0.15, 0.2) is 0 Å². The van der Waals surface area contributed by atoms with Crippen LogP contribution in [0.3, 0.4) is 0 Å². The summed E-state index contributed by atoms with van der Waals surface area (Å²) in [6.07, 6.45) is 4.90. The molecule has 0 amide bonds. The lowest BCUT2D eigenvalue weighted by Gasteiger charge is -2.40. The maximum absolute atomic E-state index is 9.17. The van der Waals surface area contributed by atoms with Crippen molar-refractivity contribution in [2.75, 3.05) is 6.54 Å². The SMILES string of the molecule is Cc1cc(C)c2[nH]ccc2c1CN1CCC(CC#N)CC1c1ccccc1.[HH]. The summed E-state index contributed by atoms with van der Waals surface area (Å²) in [5.41, 5.74) is 6.73. The van der Waals surface area contributed by atoms with Crippen LogP contribution in [0.25, 0.3) is 10.9 Å². The molecule has 1 saturated heterocycles. The molecule has 2 aromatic carbocycles. The molecule has 0 saturated carbocycles. The van der Waals surface area contributed by atoms with E-state index < -0.39 is 0 Å². The highest BCUT2D eigenvalue weighted by atomic mass is 15.2. The number of nitrogens with one attached hydrogen (secondary N) is 1. The number of aryl methyl sites for hydroxylation is 2. The molecule has 0 spiro atoms. The first-order valence-electron chi connectivity index (χ1n) is 9.89. The van der Waals surface area contributed by atoms with E-state index in [1.807, 2.05) is 0 Å². The number of rotatable bonds is 4. The van der Waals surface area contributed by atoms with Crippen LogP contribution >= 0.6 is 0 Å². The third-order valence-corrected chi connectivity index (χ3v) is 6.12. The van der Waals surface area contributed by atoms with E-state index in [1.54, 1.807) is 0 Å². The van der Waals surface area contributed by atoms with Gasteiger partial charge in [0.2, 0.25) is 0 Å². The molecule has 1 aliphatic heterocycles. The first-order chi connectivity index (χ1) is 13.2. The number of nitriles is 1. The average Bonchev–Trinajstić information content (AvgIpc) is 3.17. The molecule has 140 valence electrons. The maximum atomic E-state index is 9.17. The zero-order chi connectivity index (χ0) is 18.8. The Labute approximate surface area is 163 Å². The maximum Gasteiger partial charge on any atom is 0.0624 e. The number of hydrogen-bond donors (Lipinski definition) is 1. The Kier molecular flexibility index (Phi) is 5.01. The molecule has 27 heavy (non-hydrogen) atoms. The lowest BCUT2D eigenvalue weighted by Crippen LogP contribution is -2.36. The summed E-state index contributed by atoms with van der Waals surface area (Å²) in [5.74, 6) is 0.503.